The highest BCUT2D eigenvalue weighted by Gasteiger charge is 2.47. The number of carbonyl (C=O) groups excluding carboxylic acids is 1. The standard InChI is InChI=1S/C35H38N6O4S/c1-39-33-27(14-25(17-31(33)45-2)35(42)41-19-24-10-13-28(41)32(24)36)37-34(39)30-16-23-7-6-22(15-29(23)40(30)18-20-4-5-20)21-8-11-26(12-9-21)38-46(3,43)44/h6-9,11-12,14-17,20,24,28,32,38H,4-5,10,13,18-19,36H2,1-3H3/t24?,28?,32-/m1/s1. The molecule has 2 aliphatic carbocycles. The van der Waals surface area contributed by atoms with Gasteiger partial charge in [-0.3, -0.25) is 9.52 Å². The smallest absolute Gasteiger partial charge is 0.254 e. The molecule has 0 radical (unpaired) electrons. The van der Waals surface area contributed by atoms with Crippen molar-refractivity contribution < 1.29 is 17.9 Å². The zero-order valence-corrected chi connectivity index (χ0v) is 27.0. The lowest BCUT2D eigenvalue weighted by atomic mass is 10.0. The van der Waals surface area contributed by atoms with Crippen molar-refractivity contribution in [2.45, 2.75) is 44.3 Å². The molecule has 3 N–H and O–H groups in total. The molecule has 2 aromatic heterocycles. The molecule has 1 amide bonds. The normalized spacial score (nSPS) is 21.0. The molecule has 10 nitrogen and oxygen atoms in total. The predicted octanol–water partition coefficient (Wildman–Crippen LogP) is 5.21. The summed E-state index contributed by atoms with van der Waals surface area (Å²) in [6.45, 7) is 1.60. The number of amides is 1. The number of imidazole rings is 1. The van der Waals surface area contributed by atoms with Gasteiger partial charge in [0.25, 0.3) is 5.91 Å². The van der Waals surface area contributed by atoms with Crippen molar-refractivity contribution in [3.8, 4) is 28.4 Å². The number of aryl methyl sites for hydroxylation is 1. The maximum atomic E-state index is 13.7. The molecule has 5 aromatic rings. The summed E-state index contributed by atoms with van der Waals surface area (Å²) in [6, 6.07) is 20.0. The van der Waals surface area contributed by atoms with Crippen LogP contribution in [0.25, 0.3) is 44.6 Å². The number of piperidine rings is 1. The average Bonchev–Trinajstić information content (AvgIpc) is 3.44. The third-order valence-corrected chi connectivity index (χ3v) is 10.7. The van der Waals surface area contributed by atoms with E-state index in [1.54, 1.807) is 19.2 Å². The van der Waals surface area contributed by atoms with Crippen molar-refractivity contribution in [3.63, 3.8) is 0 Å². The first kappa shape index (κ1) is 29.1. The average molecular weight is 639 g/mol. The van der Waals surface area contributed by atoms with E-state index in [9.17, 15) is 13.2 Å². The molecule has 1 aliphatic heterocycles. The van der Waals surface area contributed by atoms with E-state index >= 15 is 0 Å². The van der Waals surface area contributed by atoms with E-state index < -0.39 is 10.0 Å². The number of nitrogens with one attached hydrogen (secondary N) is 1. The summed E-state index contributed by atoms with van der Waals surface area (Å²) < 4.78 is 36.1. The number of anilines is 1. The molecular weight excluding hydrogens is 600 g/mol. The maximum absolute atomic E-state index is 13.7. The fraction of sp³-hybridized carbons (Fsp3) is 0.371. The van der Waals surface area contributed by atoms with Crippen molar-refractivity contribution >= 4 is 43.6 Å². The van der Waals surface area contributed by atoms with Crippen molar-refractivity contribution in [3.05, 3.63) is 66.2 Å². The fourth-order valence-corrected chi connectivity index (χ4v) is 8.15. The number of fused-ring (bicyclic) bond motifs is 4. The van der Waals surface area contributed by atoms with Crippen molar-refractivity contribution in [2.75, 3.05) is 24.6 Å². The van der Waals surface area contributed by atoms with Crippen LogP contribution in [0, 0.1) is 11.8 Å². The summed E-state index contributed by atoms with van der Waals surface area (Å²) in [6.07, 6.45) is 5.61. The third-order valence-electron chi connectivity index (χ3n) is 10.1. The number of methoxy groups -OCH3 is 1. The third kappa shape index (κ3) is 4.93. The number of carbonyl (C=O) groups is 1. The number of sulfonamides is 1. The molecule has 238 valence electrons. The number of rotatable bonds is 8. The van der Waals surface area contributed by atoms with Crippen LogP contribution in [0.1, 0.15) is 36.0 Å². The summed E-state index contributed by atoms with van der Waals surface area (Å²) >= 11 is 0. The van der Waals surface area contributed by atoms with Gasteiger partial charge in [0.15, 0.2) is 5.82 Å². The van der Waals surface area contributed by atoms with Gasteiger partial charge in [-0.05, 0) is 85.0 Å². The molecule has 1 saturated heterocycles. The first-order valence-electron chi connectivity index (χ1n) is 15.9. The Labute approximate surface area is 268 Å². The first-order chi connectivity index (χ1) is 22.1. The van der Waals surface area contributed by atoms with E-state index in [0.717, 1.165) is 70.2 Å². The molecule has 8 rings (SSSR count). The van der Waals surface area contributed by atoms with Crippen LogP contribution in [0.5, 0.6) is 5.75 Å². The van der Waals surface area contributed by atoms with Crippen molar-refractivity contribution in [1.82, 2.24) is 19.0 Å². The second kappa shape index (κ2) is 10.6. The summed E-state index contributed by atoms with van der Waals surface area (Å²) in [5.41, 5.74) is 13.3. The van der Waals surface area contributed by atoms with Gasteiger partial charge in [0.1, 0.15) is 11.3 Å². The number of hydrogen-bond acceptors (Lipinski definition) is 6. The van der Waals surface area contributed by atoms with Gasteiger partial charge in [-0.1, -0.05) is 24.3 Å². The number of benzene rings is 3. The summed E-state index contributed by atoms with van der Waals surface area (Å²) in [7, 11) is 0.298. The van der Waals surface area contributed by atoms with Gasteiger partial charge in [-0.2, -0.15) is 0 Å². The zero-order valence-electron chi connectivity index (χ0n) is 26.2. The fourth-order valence-electron chi connectivity index (χ4n) is 7.59. The Morgan fingerprint density at radius 1 is 1.02 bits per heavy atom. The van der Waals surface area contributed by atoms with E-state index in [-0.39, 0.29) is 18.0 Å². The molecule has 3 fully saturated rings. The van der Waals surface area contributed by atoms with Gasteiger partial charge in [0.05, 0.1) is 24.6 Å². The molecule has 2 unspecified atom stereocenters. The van der Waals surface area contributed by atoms with E-state index in [4.69, 9.17) is 15.5 Å². The number of nitrogens with zero attached hydrogens (tertiary/aromatic N) is 4. The summed E-state index contributed by atoms with van der Waals surface area (Å²) in [4.78, 5) is 20.8. The lowest BCUT2D eigenvalue weighted by Crippen LogP contribution is -2.41. The minimum atomic E-state index is -3.34. The van der Waals surface area contributed by atoms with Crippen molar-refractivity contribution in [1.29, 1.82) is 0 Å². The topological polar surface area (TPSA) is 124 Å². The van der Waals surface area contributed by atoms with Gasteiger partial charge in [0, 0.05) is 54.4 Å². The number of ether oxygens (including phenoxy) is 1. The van der Waals surface area contributed by atoms with E-state index in [1.165, 1.54) is 12.8 Å². The lowest BCUT2D eigenvalue weighted by molar-refractivity contribution is 0.0700. The predicted molar refractivity (Wildman–Crippen MR) is 180 cm³/mol. The van der Waals surface area contributed by atoms with Gasteiger partial charge >= 0.3 is 0 Å². The highest BCUT2D eigenvalue weighted by Crippen LogP contribution is 2.41. The molecular formula is C35H38N6O4S. The Kier molecular flexibility index (Phi) is 6.70. The molecule has 3 aliphatic rings. The minimum absolute atomic E-state index is 0.00874. The van der Waals surface area contributed by atoms with Crippen LogP contribution in [0.4, 0.5) is 5.69 Å². The van der Waals surface area contributed by atoms with Crippen LogP contribution < -0.4 is 15.2 Å². The number of likely N-dealkylation sites (tertiary alicyclic amines) is 1. The van der Waals surface area contributed by atoms with E-state index in [0.29, 0.717) is 35.4 Å². The van der Waals surface area contributed by atoms with Crippen LogP contribution in [0.15, 0.2) is 60.7 Å². The molecule has 3 atom stereocenters. The molecule has 11 heteroatoms. The monoisotopic (exact) mass is 638 g/mol. The van der Waals surface area contributed by atoms with Crippen molar-refractivity contribution in [2.24, 2.45) is 24.6 Å². The number of hydrogen-bond donors (Lipinski definition) is 2. The second-order valence-corrected chi connectivity index (χ2v) is 15.0. The van der Waals surface area contributed by atoms with Gasteiger partial charge < -0.3 is 24.5 Å². The Morgan fingerprint density at radius 3 is 2.43 bits per heavy atom. The van der Waals surface area contributed by atoms with Crippen LogP contribution in [0.3, 0.4) is 0 Å². The molecule has 2 bridgehead atoms. The molecule has 3 aromatic carbocycles. The van der Waals surface area contributed by atoms with Crippen LogP contribution in [-0.2, 0) is 23.6 Å². The Bertz CT molecular complexity index is 2130. The molecule has 2 saturated carbocycles. The SMILES string of the molecule is COc1cc(C(=O)N2CC3CCC2[C@@H]3N)cc2nc(-c3cc4ccc(-c5ccc(NS(C)(=O)=O)cc5)cc4n3CC3CC3)n(C)c12. The maximum Gasteiger partial charge on any atom is 0.254 e. The highest BCUT2D eigenvalue weighted by molar-refractivity contribution is 7.92. The number of nitrogens with two attached hydrogens (primary N) is 1. The molecule has 46 heavy (non-hydrogen) atoms. The number of aromatic nitrogens is 3. The quantitative estimate of drug-likeness (QED) is 0.240. The Morgan fingerprint density at radius 2 is 1.78 bits per heavy atom. The largest absolute Gasteiger partial charge is 0.494 e. The lowest BCUT2D eigenvalue weighted by Gasteiger charge is -2.27. The minimum Gasteiger partial charge on any atom is -0.494 e. The Hall–Kier alpha value is -4.35. The summed E-state index contributed by atoms with van der Waals surface area (Å²) in [5, 5.41) is 1.12. The zero-order chi connectivity index (χ0) is 31.9. The van der Waals surface area contributed by atoms with E-state index in [1.807, 2.05) is 36.2 Å². The van der Waals surface area contributed by atoms with Gasteiger partial charge in [-0.25, -0.2) is 13.4 Å². The van der Waals surface area contributed by atoms with Crippen LogP contribution >= 0.6 is 0 Å². The van der Waals surface area contributed by atoms with E-state index in [2.05, 4.69) is 38.1 Å². The Balaban J connectivity index is 1.20. The first-order valence-corrected chi connectivity index (χ1v) is 17.8. The van der Waals surface area contributed by atoms with Crippen LogP contribution in [0.2, 0.25) is 0 Å². The van der Waals surface area contributed by atoms with Gasteiger partial charge in [-0.15, -0.1) is 0 Å². The second-order valence-electron chi connectivity index (χ2n) is 13.3. The summed E-state index contributed by atoms with van der Waals surface area (Å²) in [5.74, 6) is 2.43. The molecule has 3 heterocycles. The molecule has 0 spiro atoms. The van der Waals surface area contributed by atoms with Gasteiger partial charge in [0.2, 0.25) is 10.0 Å². The highest BCUT2D eigenvalue weighted by atomic mass is 32.2. The van der Waals surface area contributed by atoms with Crippen LogP contribution in [-0.4, -0.2) is 65.3 Å².